The molecule has 0 atom stereocenters. The van der Waals surface area contributed by atoms with Crippen molar-refractivity contribution < 1.29 is 19.1 Å². The summed E-state index contributed by atoms with van der Waals surface area (Å²) in [4.78, 5) is 26.3. The zero-order valence-corrected chi connectivity index (χ0v) is 10.1. The Labute approximate surface area is 108 Å². The van der Waals surface area contributed by atoms with Crippen LogP contribution in [-0.4, -0.2) is 22.0 Å². The summed E-state index contributed by atoms with van der Waals surface area (Å²) in [5, 5.41) is 11.8. The summed E-state index contributed by atoms with van der Waals surface area (Å²) in [7, 11) is 0. The number of hydrogen-bond donors (Lipinski definition) is 2. The van der Waals surface area contributed by atoms with E-state index in [1.165, 1.54) is 24.4 Å². The first-order valence-electron chi connectivity index (χ1n) is 5.65. The van der Waals surface area contributed by atoms with Crippen LogP contribution in [0, 0.1) is 5.82 Å². The standard InChI is InChI=1S/C13H11FN2O3/c1-2-10(17)16-9-4-3-8(14)7-5-6-15-12(11(7)9)13(18)19/h3-6H,2H2,1H3,(H,16,17)(H,18,19). The molecule has 98 valence electrons. The molecule has 1 aromatic heterocycles. The SMILES string of the molecule is CCC(=O)Nc1ccc(F)c2ccnc(C(=O)O)c12. The number of benzene rings is 1. The quantitative estimate of drug-likeness (QED) is 0.890. The van der Waals surface area contributed by atoms with Gasteiger partial charge in [0.1, 0.15) is 5.82 Å². The van der Waals surface area contributed by atoms with E-state index in [1.807, 2.05) is 0 Å². The van der Waals surface area contributed by atoms with E-state index < -0.39 is 11.8 Å². The molecule has 19 heavy (non-hydrogen) atoms. The van der Waals surface area contributed by atoms with Gasteiger partial charge in [-0.05, 0) is 18.2 Å². The number of carbonyl (C=O) groups excluding carboxylic acids is 1. The Balaban J connectivity index is 2.74. The van der Waals surface area contributed by atoms with Crippen LogP contribution in [0.1, 0.15) is 23.8 Å². The number of nitrogens with one attached hydrogen (secondary N) is 1. The molecule has 0 saturated carbocycles. The van der Waals surface area contributed by atoms with Crippen molar-refractivity contribution >= 4 is 28.3 Å². The average molecular weight is 262 g/mol. The second kappa shape index (κ2) is 5.01. The summed E-state index contributed by atoms with van der Waals surface area (Å²) in [6.07, 6.45) is 1.46. The van der Waals surface area contributed by atoms with Crippen molar-refractivity contribution in [2.45, 2.75) is 13.3 Å². The minimum Gasteiger partial charge on any atom is -0.476 e. The van der Waals surface area contributed by atoms with Gasteiger partial charge in [-0.15, -0.1) is 0 Å². The molecule has 0 aliphatic rings. The molecule has 5 nitrogen and oxygen atoms in total. The summed E-state index contributed by atoms with van der Waals surface area (Å²) in [5.74, 6) is -2.12. The Kier molecular flexibility index (Phi) is 3.41. The molecule has 0 aliphatic heterocycles. The van der Waals surface area contributed by atoms with Gasteiger partial charge in [-0.25, -0.2) is 14.2 Å². The maximum Gasteiger partial charge on any atom is 0.355 e. The summed E-state index contributed by atoms with van der Waals surface area (Å²) >= 11 is 0. The lowest BCUT2D eigenvalue weighted by molar-refractivity contribution is -0.115. The van der Waals surface area contributed by atoms with Gasteiger partial charge in [0, 0.05) is 23.4 Å². The summed E-state index contributed by atoms with van der Waals surface area (Å²) in [6.45, 7) is 1.66. The molecule has 2 N–H and O–H groups in total. The molecule has 0 bridgehead atoms. The number of carboxylic acids is 1. The van der Waals surface area contributed by atoms with E-state index in [1.54, 1.807) is 6.92 Å². The topological polar surface area (TPSA) is 79.3 Å². The second-order valence-corrected chi connectivity index (χ2v) is 3.88. The van der Waals surface area contributed by atoms with Crippen LogP contribution in [0.25, 0.3) is 10.8 Å². The van der Waals surface area contributed by atoms with Crippen LogP contribution in [0.2, 0.25) is 0 Å². The van der Waals surface area contributed by atoms with E-state index in [-0.39, 0.29) is 34.5 Å². The molecule has 0 unspecified atom stereocenters. The second-order valence-electron chi connectivity index (χ2n) is 3.88. The smallest absolute Gasteiger partial charge is 0.355 e. The Morgan fingerprint density at radius 1 is 1.37 bits per heavy atom. The highest BCUT2D eigenvalue weighted by molar-refractivity contribution is 6.10. The van der Waals surface area contributed by atoms with Crippen molar-refractivity contribution in [3.8, 4) is 0 Å². The van der Waals surface area contributed by atoms with Crippen LogP contribution >= 0.6 is 0 Å². The minimum absolute atomic E-state index is 0.0943. The largest absolute Gasteiger partial charge is 0.476 e. The molecular weight excluding hydrogens is 251 g/mol. The van der Waals surface area contributed by atoms with Crippen LogP contribution in [0.4, 0.5) is 10.1 Å². The van der Waals surface area contributed by atoms with Crippen LogP contribution in [0.3, 0.4) is 0 Å². The number of hydrogen-bond acceptors (Lipinski definition) is 3. The number of anilines is 1. The van der Waals surface area contributed by atoms with E-state index >= 15 is 0 Å². The van der Waals surface area contributed by atoms with Gasteiger partial charge in [0.25, 0.3) is 0 Å². The predicted molar refractivity (Wildman–Crippen MR) is 67.6 cm³/mol. The zero-order chi connectivity index (χ0) is 14.0. The van der Waals surface area contributed by atoms with Gasteiger partial charge < -0.3 is 10.4 Å². The molecule has 1 amide bonds. The molecular formula is C13H11FN2O3. The van der Waals surface area contributed by atoms with E-state index in [9.17, 15) is 14.0 Å². The van der Waals surface area contributed by atoms with Crippen molar-refractivity contribution in [1.29, 1.82) is 0 Å². The third-order valence-corrected chi connectivity index (χ3v) is 2.67. The summed E-state index contributed by atoms with van der Waals surface area (Å²) in [5.41, 5.74) is -0.0443. The van der Waals surface area contributed by atoms with Crippen LogP contribution in [0.15, 0.2) is 24.4 Å². The normalized spacial score (nSPS) is 10.4. The van der Waals surface area contributed by atoms with Crippen LogP contribution in [-0.2, 0) is 4.79 Å². The highest BCUT2D eigenvalue weighted by Gasteiger charge is 2.16. The fraction of sp³-hybridized carbons (Fsp3) is 0.154. The fourth-order valence-electron chi connectivity index (χ4n) is 1.77. The number of nitrogens with zero attached hydrogens (tertiary/aromatic N) is 1. The molecule has 2 aromatic rings. The van der Waals surface area contributed by atoms with Crippen molar-refractivity contribution in [3.63, 3.8) is 0 Å². The van der Waals surface area contributed by atoms with Crippen LogP contribution in [0.5, 0.6) is 0 Å². The third kappa shape index (κ3) is 2.37. The maximum absolute atomic E-state index is 13.7. The Morgan fingerprint density at radius 3 is 2.74 bits per heavy atom. The number of pyridine rings is 1. The number of halogens is 1. The van der Waals surface area contributed by atoms with Gasteiger partial charge in [-0.1, -0.05) is 6.92 Å². The zero-order valence-electron chi connectivity index (χ0n) is 10.1. The van der Waals surface area contributed by atoms with Gasteiger partial charge in [-0.2, -0.15) is 0 Å². The van der Waals surface area contributed by atoms with Gasteiger partial charge in [0.05, 0.1) is 5.69 Å². The Morgan fingerprint density at radius 2 is 2.11 bits per heavy atom. The first kappa shape index (κ1) is 12.9. The number of aromatic nitrogens is 1. The van der Waals surface area contributed by atoms with Crippen molar-refractivity contribution in [3.05, 3.63) is 35.9 Å². The highest BCUT2D eigenvalue weighted by Crippen LogP contribution is 2.28. The molecule has 6 heteroatoms. The minimum atomic E-state index is -1.27. The van der Waals surface area contributed by atoms with Gasteiger partial charge in [0.15, 0.2) is 5.69 Å². The number of fused-ring (bicyclic) bond motifs is 1. The van der Waals surface area contributed by atoms with Gasteiger partial charge >= 0.3 is 5.97 Å². The molecule has 2 rings (SSSR count). The average Bonchev–Trinajstić information content (AvgIpc) is 2.41. The van der Waals surface area contributed by atoms with Gasteiger partial charge in [-0.3, -0.25) is 4.79 Å². The monoisotopic (exact) mass is 262 g/mol. The maximum atomic E-state index is 13.7. The first-order valence-corrected chi connectivity index (χ1v) is 5.65. The number of carbonyl (C=O) groups is 2. The molecule has 1 heterocycles. The van der Waals surface area contributed by atoms with E-state index in [2.05, 4.69) is 10.3 Å². The Bertz CT molecular complexity index is 670. The lowest BCUT2D eigenvalue weighted by atomic mass is 10.1. The summed E-state index contributed by atoms with van der Waals surface area (Å²) < 4.78 is 13.7. The molecule has 0 spiro atoms. The molecule has 0 fully saturated rings. The van der Waals surface area contributed by atoms with E-state index in [0.717, 1.165) is 0 Å². The lowest BCUT2D eigenvalue weighted by Gasteiger charge is -2.10. The number of rotatable bonds is 3. The van der Waals surface area contributed by atoms with Crippen molar-refractivity contribution in [2.75, 3.05) is 5.32 Å². The fourth-order valence-corrected chi connectivity index (χ4v) is 1.77. The number of aromatic carboxylic acids is 1. The molecule has 0 aliphatic carbocycles. The number of carboxylic acid groups (broad SMARTS) is 1. The third-order valence-electron chi connectivity index (χ3n) is 2.67. The first-order chi connectivity index (χ1) is 9.04. The van der Waals surface area contributed by atoms with Crippen molar-refractivity contribution in [1.82, 2.24) is 4.98 Å². The predicted octanol–water partition coefficient (Wildman–Crippen LogP) is 2.42. The molecule has 0 radical (unpaired) electrons. The van der Waals surface area contributed by atoms with Gasteiger partial charge in [0.2, 0.25) is 5.91 Å². The van der Waals surface area contributed by atoms with Crippen molar-refractivity contribution in [2.24, 2.45) is 0 Å². The Hall–Kier alpha value is -2.50. The summed E-state index contributed by atoms with van der Waals surface area (Å²) in [6, 6.07) is 3.89. The lowest BCUT2D eigenvalue weighted by Crippen LogP contribution is -2.12. The molecule has 0 saturated heterocycles. The number of amides is 1. The highest BCUT2D eigenvalue weighted by atomic mass is 19.1. The molecule has 1 aromatic carbocycles. The van der Waals surface area contributed by atoms with E-state index in [4.69, 9.17) is 5.11 Å². The van der Waals surface area contributed by atoms with Crippen LogP contribution < -0.4 is 5.32 Å². The van der Waals surface area contributed by atoms with E-state index in [0.29, 0.717) is 0 Å².